The number of amides is 1. The monoisotopic (exact) mass is 360 g/mol. The van der Waals surface area contributed by atoms with E-state index in [0.29, 0.717) is 5.69 Å². The number of rotatable bonds is 3. The highest BCUT2D eigenvalue weighted by molar-refractivity contribution is 6.04. The second-order valence-electron chi connectivity index (χ2n) is 6.96. The van der Waals surface area contributed by atoms with E-state index in [9.17, 15) is 4.79 Å². The van der Waals surface area contributed by atoms with Crippen LogP contribution in [0.15, 0.2) is 42.5 Å². The summed E-state index contributed by atoms with van der Waals surface area (Å²) in [6.45, 7) is 0. The molecule has 6 heteroatoms. The second-order valence-corrected chi connectivity index (χ2v) is 6.96. The lowest BCUT2D eigenvalue weighted by Gasteiger charge is -2.23. The molecule has 1 amide bonds. The van der Waals surface area contributed by atoms with Gasteiger partial charge in [0.05, 0.1) is 18.7 Å². The second kappa shape index (κ2) is 6.16. The van der Waals surface area contributed by atoms with Crippen LogP contribution in [0.1, 0.15) is 40.6 Å². The third kappa shape index (κ3) is 2.56. The summed E-state index contributed by atoms with van der Waals surface area (Å²) in [6.07, 6.45) is 2.94. The number of para-hydroxylation sites is 1. The zero-order valence-electron chi connectivity index (χ0n) is 15.0. The summed E-state index contributed by atoms with van der Waals surface area (Å²) in [5, 5.41) is 12.3. The molecule has 0 aliphatic heterocycles. The molecule has 2 aromatic carbocycles. The number of fused-ring (bicyclic) bond motifs is 4. The first-order chi connectivity index (χ1) is 13.2. The molecule has 136 valence electrons. The van der Waals surface area contributed by atoms with Crippen molar-refractivity contribution in [2.75, 3.05) is 7.11 Å². The largest absolute Gasteiger partial charge is 0.497 e. The molecule has 6 nitrogen and oxygen atoms in total. The zero-order valence-corrected chi connectivity index (χ0v) is 15.0. The number of hydrogen-bond acceptors (Lipinski definition) is 3. The van der Waals surface area contributed by atoms with Gasteiger partial charge in [0.1, 0.15) is 5.75 Å². The predicted molar refractivity (Wildman–Crippen MR) is 104 cm³/mol. The van der Waals surface area contributed by atoms with Gasteiger partial charge in [-0.1, -0.05) is 18.2 Å². The Labute approximate surface area is 155 Å². The molecule has 1 unspecified atom stereocenters. The molecule has 0 saturated carbocycles. The number of hydrogen-bond donors (Lipinski definition) is 3. The van der Waals surface area contributed by atoms with E-state index < -0.39 is 0 Å². The maximum atomic E-state index is 12.9. The fourth-order valence-corrected chi connectivity index (χ4v) is 4.08. The Bertz CT molecular complexity index is 1160. The molecule has 5 rings (SSSR count). The SMILES string of the molecule is COc1ccc2[nH]c3c(c2c1)CCCC3NC(=O)c1n[nH]c2ccccc12. The molecular weight excluding hydrogens is 340 g/mol. The lowest BCUT2D eigenvalue weighted by molar-refractivity contribution is 0.0928. The van der Waals surface area contributed by atoms with Crippen molar-refractivity contribution in [3.05, 3.63) is 59.4 Å². The summed E-state index contributed by atoms with van der Waals surface area (Å²) in [7, 11) is 1.68. The first kappa shape index (κ1) is 15.9. The van der Waals surface area contributed by atoms with Crippen LogP contribution in [0.4, 0.5) is 0 Å². The molecule has 0 saturated heterocycles. The number of H-pyrrole nitrogens is 2. The average Bonchev–Trinajstić information content (AvgIpc) is 3.29. The predicted octanol–water partition coefficient (Wildman–Crippen LogP) is 3.86. The smallest absolute Gasteiger partial charge is 0.272 e. The number of ether oxygens (including phenoxy) is 1. The summed E-state index contributed by atoms with van der Waals surface area (Å²) >= 11 is 0. The molecule has 0 radical (unpaired) electrons. The molecule has 0 spiro atoms. The van der Waals surface area contributed by atoms with Gasteiger partial charge in [0.25, 0.3) is 5.91 Å². The van der Waals surface area contributed by atoms with E-state index in [1.165, 1.54) is 10.9 Å². The van der Waals surface area contributed by atoms with Crippen molar-refractivity contribution in [3.63, 3.8) is 0 Å². The standard InChI is InChI=1S/C21H20N4O2/c1-27-12-9-10-16-15(11-12)13-6-4-8-18(19(13)22-16)23-21(26)20-14-5-2-3-7-17(14)24-25-20/h2-3,5,7,9-11,18,22H,4,6,8H2,1H3,(H,23,26)(H,24,25). The topological polar surface area (TPSA) is 82.8 Å². The van der Waals surface area contributed by atoms with Crippen LogP contribution in [0.5, 0.6) is 5.75 Å². The van der Waals surface area contributed by atoms with Crippen LogP contribution in [0.2, 0.25) is 0 Å². The van der Waals surface area contributed by atoms with E-state index in [1.807, 2.05) is 36.4 Å². The van der Waals surface area contributed by atoms with Crippen LogP contribution in [0.25, 0.3) is 21.8 Å². The van der Waals surface area contributed by atoms with Gasteiger partial charge in [-0.2, -0.15) is 5.10 Å². The van der Waals surface area contributed by atoms with Crippen molar-refractivity contribution in [1.82, 2.24) is 20.5 Å². The average molecular weight is 360 g/mol. The highest BCUT2D eigenvalue weighted by Gasteiger charge is 2.27. The fraction of sp³-hybridized carbons (Fsp3) is 0.238. The van der Waals surface area contributed by atoms with E-state index in [0.717, 1.165) is 47.1 Å². The van der Waals surface area contributed by atoms with Gasteiger partial charge in [0, 0.05) is 22.0 Å². The number of carbonyl (C=O) groups is 1. The van der Waals surface area contributed by atoms with Crippen molar-refractivity contribution in [2.45, 2.75) is 25.3 Å². The molecular formula is C21H20N4O2. The van der Waals surface area contributed by atoms with E-state index in [-0.39, 0.29) is 11.9 Å². The minimum Gasteiger partial charge on any atom is -0.497 e. The van der Waals surface area contributed by atoms with Gasteiger partial charge in [0.15, 0.2) is 5.69 Å². The van der Waals surface area contributed by atoms with E-state index in [1.54, 1.807) is 7.11 Å². The van der Waals surface area contributed by atoms with Crippen LogP contribution >= 0.6 is 0 Å². The Balaban J connectivity index is 1.49. The van der Waals surface area contributed by atoms with Crippen LogP contribution in [-0.2, 0) is 6.42 Å². The highest BCUT2D eigenvalue weighted by atomic mass is 16.5. The van der Waals surface area contributed by atoms with Gasteiger partial charge in [-0.05, 0) is 49.1 Å². The molecule has 4 aromatic rings. The fourth-order valence-electron chi connectivity index (χ4n) is 4.08. The molecule has 1 aliphatic carbocycles. The normalized spacial score (nSPS) is 16.4. The van der Waals surface area contributed by atoms with E-state index in [4.69, 9.17) is 4.74 Å². The minimum absolute atomic E-state index is 0.0462. The van der Waals surface area contributed by atoms with Gasteiger partial charge in [-0.3, -0.25) is 9.89 Å². The van der Waals surface area contributed by atoms with E-state index >= 15 is 0 Å². The number of aromatic nitrogens is 3. The van der Waals surface area contributed by atoms with Crippen molar-refractivity contribution in [3.8, 4) is 5.75 Å². The van der Waals surface area contributed by atoms with Crippen LogP contribution in [-0.4, -0.2) is 28.2 Å². The summed E-state index contributed by atoms with van der Waals surface area (Å²) in [4.78, 5) is 16.4. The molecule has 1 atom stereocenters. The molecule has 2 aromatic heterocycles. The van der Waals surface area contributed by atoms with Crippen molar-refractivity contribution < 1.29 is 9.53 Å². The summed E-state index contributed by atoms with van der Waals surface area (Å²) in [5.74, 6) is 0.694. The number of nitrogens with one attached hydrogen (secondary N) is 3. The Morgan fingerprint density at radius 1 is 1.19 bits per heavy atom. The Morgan fingerprint density at radius 2 is 2.07 bits per heavy atom. The Kier molecular flexibility index (Phi) is 3.63. The first-order valence-electron chi connectivity index (χ1n) is 9.17. The van der Waals surface area contributed by atoms with Gasteiger partial charge in [-0.15, -0.1) is 0 Å². The Morgan fingerprint density at radius 3 is 2.96 bits per heavy atom. The summed E-state index contributed by atoms with van der Waals surface area (Å²) < 4.78 is 5.37. The van der Waals surface area contributed by atoms with Gasteiger partial charge in [0.2, 0.25) is 0 Å². The number of benzene rings is 2. The molecule has 0 fully saturated rings. The minimum atomic E-state index is -0.151. The summed E-state index contributed by atoms with van der Waals surface area (Å²) in [5.41, 5.74) is 4.75. The molecule has 1 aliphatic rings. The lowest BCUT2D eigenvalue weighted by atomic mass is 9.91. The zero-order chi connectivity index (χ0) is 18.4. The first-order valence-corrected chi connectivity index (χ1v) is 9.17. The van der Waals surface area contributed by atoms with Crippen LogP contribution < -0.4 is 10.1 Å². The third-order valence-corrected chi connectivity index (χ3v) is 5.41. The van der Waals surface area contributed by atoms with Crippen molar-refractivity contribution >= 4 is 27.7 Å². The van der Waals surface area contributed by atoms with Gasteiger partial charge >= 0.3 is 0 Å². The molecule has 3 N–H and O–H groups in total. The number of aromatic amines is 2. The number of nitrogens with zero attached hydrogens (tertiary/aromatic N) is 1. The summed E-state index contributed by atoms with van der Waals surface area (Å²) in [6, 6.07) is 13.7. The lowest BCUT2D eigenvalue weighted by Crippen LogP contribution is -2.31. The highest BCUT2D eigenvalue weighted by Crippen LogP contribution is 2.36. The van der Waals surface area contributed by atoms with Crippen molar-refractivity contribution in [1.29, 1.82) is 0 Å². The van der Waals surface area contributed by atoms with E-state index in [2.05, 4.69) is 26.6 Å². The third-order valence-electron chi connectivity index (χ3n) is 5.41. The number of methoxy groups -OCH3 is 1. The molecule has 27 heavy (non-hydrogen) atoms. The van der Waals surface area contributed by atoms with Crippen LogP contribution in [0, 0.1) is 0 Å². The van der Waals surface area contributed by atoms with Crippen LogP contribution in [0.3, 0.4) is 0 Å². The van der Waals surface area contributed by atoms with Gasteiger partial charge < -0.3 is 15.0 Å². The molecule has 2 heterocycles. The number of carbonyl (C=O) groups excluding carboxylic acids is 1. The maximum Gasteiger partial charge on any atom is 0.272 e. The molecule has 0 bridgehead atoms. The van der Waals surface area contributed by atoms with Gasteiger partial charge in [-0.25, -0.2) is 0 Å². The quantitative estimate of drug-likeness (QED) is 0.519. The van der Waals surface area contributed by atoms with Crippen molar-refractivity contribution in [2.24, 2.45) is 0 Å². The Hall–Kier alpha value is -3.28. The number of aryl methyl sites for hydroxylation is 1. The maximum absolute atomic E-state index is 12.9.